The third kappa shape index (κ3) is 3.83. The van der Waals surface area contributed by atoms with Crippen molar-refractivity contribution in [1.82, 2.24) is 10.6 Å². The van der Waals surface area contributed by atoms with Gasteiger partial charge in [-0.25, -0.2) is 17.6 Å². The largest absolute Gasteiger partial charge is 0.351 e. The molecule has 8 heteroatoms. The molecular weight excluding hydrogens is 300 g/mol. The lowest BCUT2D eigenvalue weighted by Crippen LogP contribution is -2.33. The third-order valence-electron chi connectivity index (χ3n) is 2.76. The summed E-state index contributed by atoms with van der Waals surface area (Å²) >= 11 is 0. The molecule has 0 spiro atoms. The molecule has 1 aromatic rings. The van der Waals surface area contributed by atoms with Crippen molar-refractivity contribution in [2.75, 3.05) is 13.1 Å². The van der Waals surface area contributed by atoms with E-state index < -0.39 is 34.7 Å². The molecular formula is C12H13ClF4N2O. The van der Waals surface area contributed by atoms with Gasteiger partial charge in [-0.05, 0) is 12.8 Å². The minimum absolute atomic E-state index is 0. The van der Waals surface area contributed by atoms with Crippen molar-refractivity contribution < 1.29 is 22.4 Å². The van der Waals surface area contributed by atoms with Crippen LogP contribution in [0.15, 0.2) is 6.07 Å². The maximum atomic E-state index is 13.3. The molecule has 1 fully saturated rings. The molecule has 112 valence electrons. The van der Waals surface area contributed by atoms with Gasteiger partial charge in [0.15, 0.2) is 23.3 Å². The van der Waals surface area contributed by atoms with Gasteiger partial charge in [0.2, 0.25) is 0 Å². The highest BCUT2D eigenvalue weighted by Gasteiger charge is 2.24. The number of amides is 1. The molecule has 0 aliphatic heterocycles. The highest BCUT2D eigenvalue weighted by molar-refractivity contribution is 5.94. The maximum absolute atomic E-state index is 13.3. The molecule has 1 aliphatic rings. The smallest absolute Gasteiger partial charge is 0.257 e. The van der Waals surface area contributed by atoms with E-state index in [2.05, 4.69) is 10.6 Å². The molecule has 1 amide bonds. The van der Waals surface area contributed by atoms with E-state index in [4.69, 9.17) is 0 Å². The van der Waals surface area contributed by atoms with E-state index in [-0.39, 0.29) is 25.0 Å². The van der Waals surface area contributed by atoms with Crippen molar-refractivity contribution in [1.29, 1.82) is 0 Å². The summed E-state index contributed by atoms with van der Waals surface area (Å²) in [4.78, 5) is 11.5. The van der Waals surface area contributed by atoms with Crippen LogP contribution in [0.2, 0.25) is 0 Å². The number of hydrogen-bond acceptors (Lipinski definition) is 2. The number of carbonyl (C=O) groups excluding carboxylic acids is 1. The number of nitrogens with one attached hydrogen (secondary N) is 2. The van der Waals surface area contributed by atoms with E-state index in [9.17, 15) is 22.4 Å². The van der Waals surface area contributed by atoms with Crippen LogP contribution in [0.25, 0.3) is 0 Å². The fourth-order valence-corrected chi connectivity index (χ4v) is 1.60. The van der Waals surface area contributed by atoms with Gasteiger partial charge >= 0.3 is 0 Å². The summed E-state index contributed by atoms with van der Waals surface area (Å²) in [7, 11) is 0. The normalized spacial score (nSPS) is 13.8. The second-order valence-electron chi connectivity index (χ2n) is 4.33. The maximum Gasteiger partial charge on any atom is 0.257 e. The number of hydrogen-bond donors (Lipinski definition) is 2. The van der Waals surface area contributed by atoms with E-state index >= 15 is 0 Å². The Morgan fingerprint density at radius 2 is 1.65 bits per heavy atom. The predicted octanol–water partition coefficient (Wildman–Crippen LogP) is 2.15. The summed E-state index contributed by atoms with van der Waals surface area (Å²) in [6.45, 7) is 0.545. The standard InChI is InChI=1S/C12H12F4N2O.ClH/c13-7-5-8(14)11(16)9(10(7)15)12(19)18-4-3-17-6-1-2-6;/h5-6,17H,1-4H2,(H,18,19);1H. The fraction of sp³-hybridized carbons (Fsp3) is 0.417. The van der Waals surface area contributed by atoms with Crippen LogP contribution >= 0.6 is 12.4 Å². The minimum Gasteiger partial charge on any atom is -0.351 e. The van der Waals surface area contributed by atoms with Crippen LogP contribution in [0, 0.1) is 23.3 Å². The second kappa shape index (κ2) is 6.90. The SMILES string of the molecule is Cl.O=C(NCCNC1CC1)c1c(F)c(F)cc(F)c1F. The molecule has 1 aliphatic carbocycles. The molecule has 20 heavy (non-hydrogen) atoms. The van der Waals surface area contributed by atoms with Crippen molar-refractivity contribution in [2.24, 2.45) is 0 Å². The van der Waals surface area contributed by atoms with Crippen LogP contribution in [0.5, 0.6) is 0 Å². The summed E-state index contributed by atoms with van der Waals surface area (Å²) in [5.74, 6) is -7.75. The molecule has 2 N–H and O–H groups in total. The molecule has 0 saturated heterocycles. The summed E-state index contributed by atoms with van der Waals surface area (Å²) in [5, 5.41) is 5.27. The van der Waals surface area contributed by atoms with Crippen molar-refractivity contribution in [2.45, 2.75) is 18.9 Å². The van der Waals surface area contributed by atoms with Crippen molar-refractivity contribution >= 4 is 18.3 Å². The average Bonchev–Trinajstić information content (AvgIpc) is 3.16. The van der Waals surface area contributed by atoms with Gasteiger partial charge in [0.05, 0.1) is 0 Å². The van der Waals surface area contributed by atoms with Gasteiger partial charge < -0.3 is 10.6 Å². The zero-order valence-corrected chi connectivity index (χ0v) is 11.1. The first-order valence-corrected chi connectivity index (χ1v) is 5.85. The number of benzene rings is 1. The van der Waals surface area contributed by atoms with E-state index in [1.165, 1.54) is 0 Å². The van der Waals surface area contributed by atoms with E-state index in [0.29, 0.717) is 12.6 Å². The monoisotopic (exact) mass is 312 g/mol. The van der Waals surface area contributed by atoms with Gasteiger partial charge in [0.1, 0.15) is 5.56 Å². The van der Waals surface area contributed by atoms with Gasteiger partial charge in [0, 0.05) is 25.2 Å². The van der Waals surface area contributed by atoms with E-state index in [0.717, 1.165) is 12.8 Å². The molecule has 0 radical (unpaired) electrons. The quantitative estimate of drug-likeness (QED) is 0.497. The Morgan fingerprint density at radius 3 is 2.15 bits per heavy atom. The molecule has 0 heterocycles. The molecule has 0 aromatic heterocycles. The first-order valence-electron chi connectivity index (χ1n) is 5.85. The Kier molecular flexibility index (Phi) is 5.76. The van der Waals surface area contributed by atoms with Crippen molar-refractivity contribution in [3.8, 4) is 0 Å². The van der Waals surface area contributed by atoms with Crippen LogP contribution in [0.1, 0.15) is 23.2 Å². The highest BCUT2D eigenvalue weighted by Crippen LogP contribution is 2.19. The molecule has 1 aromatic carbocycles. The van der Waals surface area contributed by atoms with Crippen LogP contribution in [-0.2, 0) is 0 Å². The van der Waals surface area contributed by atoms with Gasteiger partial charge in [0.25, 0.3) is 5.91 Å². The Bertz CT molecular complexity index is 482. The zero-order chi connectivity index (χ0) is 14.0. The lowest BCUT2D eigenvalue weighted by molar-refractivity contribution is 0.0943. The molecule has 2 rings (SSSR count). The van der Waals surface area contributed by atoms with Gasteiger partial charge in [-0.3, -0.25) is 4.79 Å². The fourth-order valence-electron chi connectivity index (χ4n) is 1.60. The Labute approximate surface area is 119 Å². The predicted molar refractivity (Wildman–Crippen MR) is 66.9 cm³/mol. The molecule has 0 bridgehead atoms. The van der Waals surface area contributed by atoms with Gasteiger partial charge in [-0.15, -0.1) is 12.4 Å². The van der Waals surface area contributed by atoms with Crippen molar-refractivity contribution in [3.05, 3.63) is 34.9 Å². The van der Waals surface area contributed by atoms with Crippen LogP contribution < -0.4 is 10.6 Å². The minimum atomic E-state index is -1.69. The summed E-state index contributed by atoms with van der Waals surface area (Å²) in [5.41, 5.74) is -1.23. The summed E-state index contributed by atoms with van der Waals surface area (Å²) in [6, 6.07) is 0.493. The summed E-state index contributed by atoms with van der Waals surface area (Å²) in [6.07, 6.45) is 2.12. The number of rotatable bonds is 5. The number of halogens is 5. The highest BCUT2D eigenvalue weighted by atomic mass is 35.5. The number of carbonyl (C=O) groups is 1. The molecule has 0 unspecified atom stereocenters. The van der Waals surface area contributed by atoms with E-state index in [1.807, 2.05) is 0 Å². The first-order chi connectivity index (χ1) is 9.00. The third-order valence-corrected chi connectivity index (χ3v) is 2.76. The first kappa shape index (κ1) is 16.7. The lowest BCUT2D eigenvalue weighted by atomic mass is 10.1. The van der Waals surface area contributed by atoms with Crippen molar-refractivity contribution in [3.63, 3.8) is 0 Å². The van der Waals surface area contributed by atoms with Crippen LogP contribution in [0.4, 0.5) is 17.6 Å². The second-order valence-corrected chi connectivity index (χ2v) is 4.33. The Hall–Kier alpha value is -1.34. The molecule has 3 nitrogen and oxygen atoms in total. The average molecular weight is 313 g/mol. The lowest BCUT2D eigenvalue weighted by Gasteiger charge is -2.08. The van der Waals surface area contributed by atoms with Crippen LogP contribution in [-0.4, -0.2) is 25.0 Å². The zero-order valence-electron chi connectivity index (χ0n) is 10.3. The van der Waals surface area contributed by atoms with Gasteiger partial charge in [-0.2, -0.15) is 0 Å². The Morgan fingerprint density at radius 1 is 1.10 bits per heavy atom. The molecule has 0 atom stereocenters. The topological polar surface area (TPSA) is 41.1 Å². The Balaban J connectivity index is 0.00000200. The summed E-state index contributed by atoms with van der Waals surface area (Å²) < 4.78 is 52.4. The van der Waals surface area contributed by atoms with Crippen LogP contribution in [0.3, 0.4) is 0 Å². The molecule has 1 saturated carbocycles. The van der Waals surface area contributed by atoms with E-state index in [1.54, 1.807) is 0 Å². The van der Waals surface area contributed by atoms with Gasteiger partial charge in [-0.1, -0.05) is 0 Å².